The van der Waals surface area contributed by atoms with Gasteiger partial charge in [-0.25, -0.2) is 0 Å². The standard InChI is InChI=1S/C21H14BrO3/c22-20(15-9-3-1-4-10-15)19(23)17-13-7-8-14-18(17)25-21(20,24)16-11-5-2-6-12-16/h1-14H/q-1. The highest BCUT2D eigenvalue weighted by Crippen LogP contribution is 2.53. The van der Waals surface area contributed by atoms with E-state index in [2.05, 4.69) is 15.9 Å². The normalized spacial score (nSPS) is 25.1. The fourth-order valence-corrected chi connectivity index (χ4v) is 4.00. The average Bonchev–Trinajstić information content (AvgIpc) is 2.67. The maximum Gasteiger partial charge on any atom is 0.190 e. The lowest BCUT2D eigenvalue weighted by Gasteiger charge is -2.54. The van der Waals surface area contributed by atoms with E-state index in [1.54, 1.807) is 72.8 Å². The molecule has 3 aromatic rings. The molecule has 0 fully saturated rings. The van der Waals surface area contributed by atoms with E-state index >= 15 is 0 Å². The van der Waals surface area contributed by atoms with Crippen LogP contribution in [0.3, 0.4) is 0 Å². The van der Waals surface area contributed by atoms with E-state index in [-0.39, 0.29) is 5.78 Å². The summed E-state index contributed by atoms with van der Waals surface area (Å²) in [5.74, 6) is -2.14. The molecule has 0 spiro atoms. The third kappa shape index (κ3) is 2.25. The molecule has 0 saturated carbocycles. The van der Waals surface area contributed by atoms with Crippen LogP contribution in [-0.2, 0) is 10.1 Å². The van der Waals surface area contributed by atoms with Crippen LogP contribution >= 0.6 is 15.9 Å². The van der Waals surface area contributed by atoms with Gasteiger partial charge in [0.1, 0.15) is 10.1 Å². The number of ether oxygens (including phenoxy) is 1. The molecule has 2 atom stereocenters. The third-order valence-electron chi connectivity index (χ3n) is 4.48. The predicted octanol–water partition coefficient (Wildman–Crippen LogP) is 3.77. The molecule has 3 nitrogen and oxygen atoms in total. The smallest absolute Gasteiger partial charge is 0.190 e. The maximum absolute atomic E-state index is 14.1. The summed E-state index contributed by atoms with van der Waals surface area (Å²) in [5.41, 5.74) is 1.34. The predicted molar refractivity (Wildman–Crippen MR) is 96.6 cm³/mol. The summed E-state index contributed by atoms with van der Waals surface area (Å²) in [4.78, 5) is 13.4. The first-order chi connectivity index (χ1) is 12.1. The number of rotatable bonds is 2. The second-order valence-corrected chi connectivity index (χ2v) is 7.12. The van der Waals surface area contributed by atoms with Gasteiger partial charge in [0.25, 0.3) is 0 Å². The molecule has 2 unspecified atom stereocenters. The maximum atomic E-state index is 14.1. The second-order valence-electron chi connectivity index (χ2n) is 5.93. The average molecular weight is 394 g/mol. The molecule has 0 radical (unpaired) electrons. The minimum Gasteiger partial charge on any atom is -0.813 e. The van der Waals surface area contributed by atoms with E-state index in [0.29, 0.717) is 22.4 Å². The van der Waals surface area contributed by atoms with Crippen molar-refractivity contribution >= 4 is 21.7 Å². The summed E-state index contributed by atoms with van der Waals surface area (Å²) in [6.07, 6.45) is 0. The highest BCUT2D eigenvalue weighted by atomic mass is 79.9. The van der Waals surface area contributed by atoms with E-state index in [1.807, 2.05) is 12.1 Å². The molecular formula is C21H14BrO3-. The quantitative estimate of drug-likeness (QED) is 0.622. The Kier molecular flexibility index (Phi) is 3.74. The van der Waals surface area contributed by atoms with Gasteiger partial charge < -0.3 is 9.84 Å². The van der Waals surface area contributed by atoms with Crippen molar-refractivity contribution in [1.82, 2.24) is 0 Å². The van der Waals surface area contributed by atoms with Crippen molar-refractivity contribution in [2.24, 2.45) is 0 Å². The zero-order chi connectivity index (χ0) is 17.5. The molecule has 0 saturated heterocycles. The van der Waals surface area contributed by atoms with Crippen LogP contribution in [0.5, 0.6) is 5.75 Å². The van der Waals surface area contributed by atoms with Gasteiger partial charge in [0.2, 0.25) is 0 Å². The zero-order valence-corrected chi connectivity index (χ0v) is 14.8. The topological polar surface area (TPSA) is 49.4 Å². The number of halogens is 1. The van der Waals surface area contributed by atoms with E-state index < -0.39 is 10.1 Å². The Labute approximate surface area is 154 Å². The van der Waals surface area contributed by atoms with Crippen LogP contribution < -0.4 is 9.84 Å². The van der Waals surface area contributed by atoms with Crippen LogP contribution in [0.25, 0.3) is 0 Å². The van der Waals surface area contributed by atoms with Crippen LogP contribution in [0.15, 0.2) is 84.9 Å². The van der Waals surface area contributed by atoms with Gasteiger partial charge in [-0.2, -0.15) is 0 Å². The molecule has 1 aliphatic rings. The Morgan fingerprint density at radius 3 is 1.92 bits per heavy atom. The first-order valence-corrected chi connectivity index (χ1v) is 8.70. The minimum atomic E-state index is -2.14. The van der Waals surface area contributed by atoms with Crippen LogP contribution in [-0.4, -0.2) is 5.78 Å². The molecule has 0 aromatic heterocycles. The van der Waals surface area contributed by atoms with Crippen molar-refractivity contribution < 1.29 is 14.6 Å². The first-order valence-electron chi connectivity index (χ1n) is 7.90. The van der Waals surface area contributed by atoms with Gasteiger partial charge >= 0.3 is 0 Å². The van der Waals surface area contributed by atoms with Gasteiger partial charge in [0.15, 0.2) is 5.78 Å². The Balaban J connectivity index is 2.02. The van der Waals surface area contributed by atoms with Crippen molar-refractivity contribution in [3.05, 3.63) is 102 Å². The number of hydrogen-bond acceptors (Lipinski definition) is 3. The molecule has 25 heavy (non-hydrogen) atoms. The van der Waals surface area contributed by atoms with Gasteiger partial charge in [0, 0.05) is 0 Å². The molecular weight excluding hydrogens is 380 g/mol. The van der Waals surface area contributed by atoms with Gasteiger partial charge in [-0.15, -0.1) is 0 Å². The van der Waals surface area contributed by atoms with Crippen molar-refractivity contribution in [3.63, 3.8) is 0 Å². The number of para-hydroxylation sites is 1. The first kappa shape index (κ1) is 16.1. The molecule has 0 N–H and O–H groups in total. The summed E-state index contributed by atoms with van der Waals surface area (Å²) in [5, 5.41) is 14.1. The fourth-order valence-electron chi connectivity index (χ4n) is 3.21. The highest BCUT2D eigenvalue weighted by Gasteiger charge is 2.55. The Hall–Kier alpha value is -2.43. The highest BCUT2D eigenvalue weighted by molar-refractivity contribution is 9.10. The SMILES string of the molecule is O=C1c2ccccc2OC([O-])(c2ccccc2)C1(Br)c1ccccc1. The monoisotopic (exact) mass is 393 g/mol. The number of alkyl halides is 1. The lowest BCUT2D eigenvalue weighted by molar-refractivity contribution is -0.556. The zero-order valence-electron chi connectivity index (χ0n) is 13.2. The molecule has 4 rings (SSSR count). The molecule has 0 aliphatic carbocycles. The van der Waals surface area contributed by atoms with Gasteiger partial charge in [-0.1, -0.05) is 88.7 Å². The number of carbonyl (C=O) groups excluding carboxylic acids is 1. The molecule has 3 aromatic carbocycles. The van der Waals surface area contributed by atoms with Gasteiger partial charge in [0.05, 0.1) is 11.4 Å². The number of carbonyl (C=O) groups is 1. The van der Waals surface area contributed by atoms with Crippen molar-refractivity contribution in [1.29, 1.82) is 0 Å². The number of hydrogen-bond donors (Lipinski definition) is 0. The Bertz CT molecular complexity index is 926. The molecule has 0 amide bonds. The van der Waals surface area contributed by atoms with Crippen molar-refractivity contribution in [2.75, 3.05) is 0 Å². The Morgan fingerprint density at radius 1 is 0.760 bits per heavy atom. The van der Waals surface area contributed by atoms with Crippen LogP contribution in [0.1, 0.15) is 21.5 Å². The minimum absolute atomic E-state index is 0.303. The van der Waals surface area contributed by atoms with Gasteiger partial charge in [-0.05, 0) is 23.3 Å². The van der Waals surface area contributed by atoms with Crippen LogP contribution in [0.2, 0.25) is 0 Å². The number of fused-ring (bicyclic) bond motifs is 1. The van der Waals surface area contributed by atoms with Crippen molar-refractivity contribution in [2.45, 2.75) is 10.1 Å². The summed E-state index contributed by atoms with van der Waals surface area (Å²) >= 11 is 3.51. The summed E-state index contributed by atoms with van der Waals surface area (Å²) < 4.78 is 4.35. The summed E-state index contributed by atoms with van der Waals surface area (Å²) in [6.45, 7) is 0. The van der Waals surface area contributed by atoms with Crippen LogP contribution in [0.4, 0.5) is 0 Å². The van der Waals surface area contributed by atoms with Crippen LogP contribution in [0, 0.1) is 0 Å². The molecule has 4 heteroatoms. The summed E-state index contributed by atoms with van der Waals surface area (Å²) in [6, 6.07) is 24.6. The molecule has 124 valence electrons. The third-order valence-corrected chi connectivity index (χ3v) is 5.82. The number of ketones is 1. The summed E-state index contributed by atoms with van der Waals surface area (Å²) in [7, 11) is 0. The molecule has 1 aliphatic heterocycles. The Morgan fingerprint density at radius 2 is 1.28 bits per heavy atom. The molecule has 0 bridgehead atoms. The van der Waals surface area contributed by atoms with E-state index in [0.717, 1.165) is 0 Å². The lowest BCUT2D eigenvalue weighted by Crippen LogP contribution is -2.64. The number of Topliss-reactive ketones (excluding diaryl/α,β-unsaturated/α-hetero) is 1. The fraction of sp³-hybridized carbons (Fsp3) is 0.0952. The van der Waals surface area contributed by atoms with E-state index in [4.69, 9.17) is 4.74 Å². The second kappa shape index (κ2) is 5.83. The largest absolute Gasteiger partial charge is 0.813 e. The molecule has 1 heterocycles. The van der Waals surface area contributed by atoms with Gasteiger partial charge in [-0.3, -0.25) is 4.79 Å². The van der Waals surface area contributed by atoms with Crippen molar-refractivity contribution in [3.8, 4) is 5.75 Å². The van der Waals surface area contributed by atoms with E-state index in [9.17, 15) is 9.90 Å². The lowest BCUT2D eigenvalue weighted by atomic mass is 9.78. The number of benzene rings is 3. The van der Waals surface area contributed by atoms with E-state index in [1.165, 1.54) is 0 Å².